The first-order valence-electron chi connectivity index (χ1n) is 14.1. The van der Waals surface area contributed by atoms with Gasteiger partial charge in [0.05, 0.1) is 10.5 Å². The number of benzene rings is 2. The second-order valence-corrected chi connectivity index (χ2v) is 11.4. The van der Waals surface area contributed by atoms with Crippen molar-refractivity contribution in [3.63, 3.8) is 0 Å². The van der Waals surface area contributed by atoms with Crippen LogP contribution in [-0.4, -0.2) is 44.0 Å². The molecule has 42 heavy (non-hydrogen) atoms. The number of amides is 2. The van der Waals surface area contributed by atoms with Gasteiger partial charge in [-0.3, -0.25) is 9.59 Å². The van der Waals surface area contributed by atoms with Gasteiger partial charge in [0.25, 0.3) is 21.8 Å². The Balaban J connectivity index is 1.47. The number of unbranched alkanes of at least 4 members (excludes halogenated alkanes) is 1. The second-order valence-electron chi connectivity index (χ2n) is 9.71. The van der Waals surface area contributed by atoms with Gasteiger partial charge in [-0.2, -0.15) is 0 Å². The third-order valence-corrected chi connectivity index (χ3v) is 7.69. The molecular formula is C31H37N3O7S. The molecule has 10 nitrogen and oxygen atoms in total. The van der Waals surface area contributed by atoms with E-state index in [2.05, 4.69) is 22.4 Å². The Morgan fingerprint density at radius 1 is 0.833 bits per heavy atom. The van der Waals surface area contributed by atoms with Gasteiger partial charge in [0.15, 0.2) is 0 Å². The second kappa shape index (κ2) is 16.3. The lowest BCUT2D eigenvalue weighted by Gasteiger charge is -2.15. The summed E-state index contributed by atoms with van der Waals surface area (Å²) in [7, 11) is -4.22. The molecule has 0 unspecified atom stereocenters. The van der Waals surface area contributed by atoms with E-state index in [-0.39, 0.29) is 28.4 Å². The van der Waals surface area contributed by atoms with Crippen molar-refractivity contribution < 1.29 is 32.3 Å². The number of carbonyl (C=O) groups is 3. The number of hydrogen-bond acceptors (Lipinski definition) is 8. The van der Waals surface area contributed by atoms with E-state index < -0.39 is 22.1 Å². The van der Waals surface area contributed by atoms with E-state index in [0.29, 0.717) is 12.1 Å². The van der Waals surface area contributed by atoms with Crippen LogP contribution in [0.4, 0.5) is 4.79 Å². The zero-order chi connectivity index (χ0) is 30.4. The van der Waals surface area contributed by atoms with E-state index in [1.54, 1.807) is 0 Å². The Kier molecular flexibility index (Phi) is 12.5. The first-order chi connectivity index (χ1) is 20.2. The highest BCUT2D eigenvalue weighted by Gasteiger charge is 2.20. The third-order valence-electron chi connectivity index (χ3n) is 6.35. The molecule has 3 aromatic rings. The Labute approximate surface area is 246 Å². The van der Waals surface area contributed by atoms with Gasteiger partial charge in [-0.15, -0.1) is 0 Å². The molecule has 1 heterocycles. The Morgan fingerprint density at radius 2 is 1.50 bits per heavy atom. The number of ether oxygens (including phenoxy) is 2. The fraction of sp³-hybridized carbons (Fsp3) is 0.355. The van der Waals surface area contributed by atoms with Crippen LogP contribution >= 0.6 is 0 Å². The maximum atomic E-state index is 12.7. The number of nitrogens with zero attached hydrogens (tertiary/aromatic N) is 1. The molecule has 1 aromatic heterocycles. The molecule has 0 radical (unpaired) electrons. The summed E-state index contributed by atoms with van der Waals surface area (Å²) >= 11 is 0. The number of carbonyl (C=O) groups excluding carboxylic acids is 3. The maximum absolute atomic E-state index is 12.7. The van der Waals surface area contributed by atoms with Gasteiger partial charge in [-0.1, -0.05) is 57.0 Å². The minimum atomic E-state index is -4.22. The van der Waals surface area contributed by atoms with Gasteiger partial charge < -0.3 is 14.8 Å². The van der Waals surface area contributed by atoms with Crippen LogP contribution in [-0.2, 0) is 21.2 Å². The number of aryl methyl sites for hydroxylation is 1. The summed E-state index contributed by atoms with van der Waals surface area (Å²) in [6, 6.07) is 17.9. The molecule has 0 atom stereocenters. The summed E-state index contributed by atoms with van der Waals surface area (Å²) < 4.78 is 37.8. The molecule has 2 N–H and O–H groups in total. The zero-order valence-corrected chi connectivity index (χ0v) is 24.7. The van der Waals surface area contributed by atoms with Crippen molar-refractivity contribution in [1.29, 1.82) is 0 Å². The molecule has 0 aliphatic heterocycles. The first kappa shape index (κ1) is 32.3. The van der Waals surface area contributed by atoms with Crippen LogP contribution in [0.25, 0.3) is 0 Å². The molecule has 0 saturated heterocycles. The first-order valence-corrected chi connectivity index (χ1v) is 15.5. The van der Waals surface area contributed by atoms with Gasteiger partial charge in [0.1, 0.15) is 6.10 Å². The van der Waals surface area contributed by atoms with Gasteiger partial charge in [-0.25, -0.2) is 22.9 Å². The molecule has 3 rings (SSSR count). The van der Waals surface area contributed by atoms with E-state index >= 15 is 0 Å². The minimum absolute atomic E-state index is 0.0580. The van der Waals surface area contributed by atoms with Crippen molar-refractivity contribution in [3.05, 3.63) is 89.6 Å². The molecule has 2 amide bonds. The Hall–Kier alpha value is -4.25. The highest BCUT2D eigenvalue weighted by molar-refractivity contribution is 7.90. The lowest BCUT2D eigenvalue weighted by atomic mass is 10.1. The number of rotatable bonds is 15. The summed E-state index contributed by atoms with van der Waals surface area (Å²) in [6.07, 6.45) is 5.77. The standard InChI is InChI=1S/C31H37N3O7S/c1-3-10-26(11-4-2)40-31(37)41-28-20-17-25(22-33-28)30(36)34-42(38,39)27-18-15-24(16-19-27)29(35)32-21-9-8-14-23-12-6-5-7-13-23/h5-7,12-13,15-20,22,26H,3-4,8-11,14,21H2,1-2H3,(H,32,35)(H,34,36). The van der Waals surface area contributed by atoms with Crippen molar-refractivity contribution in [3.8, 4) is 5.88 Å². The largest absolute Gasteiger partial charge is 0.515 e. The lowest BCUT2D eigenvalue weighted by molar-refractivity contribution is 0.0490. The quantitative estimate of drug-likeness (QED) is 0.175. The predicted octanol–water partition coefficient (Wildman–Crippen LogP) is 5.44. The molecular weight excluding hydrogens is 558 g/mol. The van der Waals surface area contributed by atoms with Crippen LogP contribution in [0.15, 0.2) is 77.8 Å². The summed E-state index contributed by atoms with van der Waals surface area (Å²) in [5.74, 6) is -1.32. The van der Waals surface area contributed by atoms with E-state index in [1.807, 2.05) is 36.8 Å². The molecule has 0 aliphatic carbocycles. The van der Waals surface area contributed by atoms with Gasteiger partial charge in [0, 0.05) is 24.4 Å². The molecule has 2 aromatic carbocycles. The summed E-state index contributed by atoms with van der Waals surface area (Å²) in [6.45, 7) is 4.49. The van der Waals surface area contributed by atoms with Crippen LogP contribution in [0.1, 0.15) is 78.7 Å². The van der Waals surface area contributed by atoms with Crippen molar-refractivity contribution >= 4 is 28.0 Å². The fourth-order valence-corrected chi connectivity index (χ4v) is 5.13. The number of aromatic nitrogens is 1. The molecule has 0 saturated carbocycles. The fourth-order valence-electron chi connectivity index (χ4n) is 4.15. The van der Waals surface area contributed by atoms with Crippen LogP contribution in [0.2, 0.25) is 0 Å². The van der Waals surface area contributed by atoms with E-state index in [9.17, 15) is 22.8 Å². The monoisotopic (exact) mass is 595 g/mol. The highest BCUT2D eigenvalue weighted by Crippen LogP contribution is 2.15. The topological polar surface area (TPSA) is 141 Å². The average molecular weight is 596 g/mol. The molecule has 0 aliphatic rings. The lowest BCUT2D eigenvalue weighted by Crippen LogP contribution is -2.31. The molecule has 224 valence electrons. The van der Waals surface area contributed by atoms with Crippen molar-refractivity contribution in [2.45, 2.75) is 69.8 Å². The SMILES string of the molecule is CCCC(CCC)OC(=O)Oc1ccc(C(=O)NS(=O)(=O)c2ccc(C(=O)NCCCCc3ccccc3)cc2)cn1. The van der Waals surface area contributed by atoms with E-state index in [0.717, 1.165) is 51.1 Å². The average Bonchev–Trinajstić information content (AvgIpc) is 2.98. The smallest absolute Gasteiger partial charge is 0.431 e. The van der Waals surface area contributed by atoms with E-state index in [1.165, 1.54) is 42.0 Å². The number of sulfonamides is 1. The normalized spacial score (nSPS) is 11.1. The third kappa shape index (κ3) is 10.3. The Morgan fingerprint density at radius 3 is 2.12 bits per heavy atom. The molecule has 0 bridgehead atoms. The van der Waals surface area contributed by atoms with Crippen molar-refractivity contribution in [2.75, 3.05) is 6.54 Å². The van der Waals surface area contributed by atoms with E-state index in [4.69, 9.17) is 9.47 Å². The molecule has 0 spiro atoms. The van der Waals surface area contributed by atoms with Gasteiger partial charge >= 0.3 is 6.16 Å². The van der Waals surface area contributed by atoms with Crippen LogP contribution in [0, 0.1) is 0 Å². The van der Waals surface area contributed by atoms with Crippen LogP contribution < -0.4 is 14.8 Å². The summed E-state index contributed by atoms with van der Waals surface area (Å²) in [5, 5.41) is 2.83. The molecule has 11 heteroatoms. The summed E-state index contributed by atoms with van der Waals surface area (Å²) in [5.41, 5.74) is 1.49. The Bertz CT molecular complexity index is 1410. The highest BCUT2D eigenvalue weighted by atomic mass is 32.2. The number of pyridine rings is 1. The zero-order valence-electron chi connectivity index (χ0n) is 23.9. The van der Waals surface area contributed by atoms with Crippen molar-refractivity contribution in [1.82, 2.24) is 15.0 Å². The maximum Gasteiger partial charge on any atom is 0.515 e. The minimum Gasteiger partial charge on any atom is -0.431 e. The van der Waals surface area contributed by atoms with Crippen LogP contribution in [0.5, 0.6) is 5.88 Å². The van der Waals surface area contributed by atoms with Crippen LogP contribution in [0.3, 0.4) is 0 Å². The van der Waals surface area contributed by atoms with Gasteiger partial charge in [-0.05, 0) is 68.0 Å². The number of hydrogen-bond donors (Lipinski definition) is 2. The predicted molar refractivity (Wildman–Crippen MR) is 158 cm³/mol. The van der Waals surface area contributed by atoms with Crippen molar-refractivity contribution in [2.24, 2.45) is 0 Å². The molecule has 0 fully saturated rings. The van der Waals surface area contributed by atoms with Gasteiger partial charge in [0.2, 0.25) is 5.88 Å². The summed E-state index contributed by atoms with van der Waals surface area (Å²) in [4.78, 5) is 40.8. The number of nitrogens with one attached hydrogen (secondary N) is 2.